The molecule has 0 saturated carbocycles. The minimum absolute atomic E-state index is 0.0664. The Labute approximate surface area is 191 Å². The minimum atomic E-state index is -0.929. The summed E-state index contributed by atoms with van der Waals surface area (Å²) in [6.45, 7) is 6.27. The summed E-state index contributed by atoms with van der Waals surface area (Å²) in [6, 6.07) is 16.3. The van der Waals surface area contributed by atoms with Gasteiger partial charge in [0.1, 0.15) is 34.8 Å². The number of Topliss-reactive ketones (excluding diaryl/α,β-unsaturated/α-hetero) is 1. The number of anilines is 1. The summed E-state index contributed by atoms with van der Waals surface area (Å²) in [4.78, 5) is 27.7. The van der Waals surface area contributed by atoms with Gasteiger partial charge in [0.25, 0.3) is 11.7 Å². The van der Waals surface area contributed by atoms with E-state index in [4.69, 9.17) is 13.9 Å². The first-order valence-corrected chi connectivity index (χ1v) is 10.8. The molecule has 7 heteroatoms. The maximum Gasteiger partial charge on any atom is 0.300 e. The Morgan fingerprint density at radius 1 is 1.00 bits per heavy atom. The van der Waals surface area contributed by atoms with Crippen LogP contribution in [0.25, 0.3) is 5.76 Å². The highest BCUT2D eigenvalue weighted by Crippen LogP contribution is 2.44. The van der Waals surface area contributed by atoms with Gasteiger partial charge in [0.15, 0.2) is 0 Å². The summed E-state index contributed by atoms with van der Waals surface area (Å²) in [5.74, 6) is 0.0391. The Kier molecular flexibility index (Phi) is 6.22. The molecule has 1 aliphatic rings. The first-order chi connectivity index (χ1) is 16.0. The highest BCUT2D eigenvalue weighted by atomic mass is 16.5. The fourth-order valence-electron chi connectivity index (χ4n) is 3.93. The number of hydrogen-bond acceptors (Lipinski definition) is 6. The molecule has 3 aromatic rings. The number of aliphatic hydroxyl groups is 1. The molecule has 1 fully saturated rings. The predicted molar refractivity (Wildman–Crippen MR) is 123 cm³/mol. The number of amides is 1. The van der Waals surface area contributed by atoms with E-state index in [9.17, 15) is 14.7 Å². The molecular formula is C26H25NO6. The van der Waals surface area contributed by atoms with Crippen LogP contribution in [0.5, 0.6) is 11.5 Å². The summed E-state index contributed by atoms with van der Waals surface area (Å²) >= 11 is 0. The average molecular weight is 447 g/mol. The number of ether oxygens (including phenoxy) is 2. The second-order valence-corrected chi connectivity index (χ2v) is 7.48. The lowest BCUT2D eigenvalue weighted by Crippen LogP contribution is -2.29. The Morgan fingerprint density at radius 3 is 2.36 bits per heavy atom. The van der Waals surface area contributed by atoms with Crippen LogP contribution in [0.4, 0.5) is 5.69 Å². The molecule has 1 atom stereocenters. The molecule has 0 spiro atoms. The molecule has 0 radical (unpaired) electrons. The zero-order valence-electron chi connectivity index (χ0n) is 18.7. The van der Waals surface area contributed by atoms with Crippen LogP contribution >= 0.6 is 0 Å². The van der Waals surface area contributed by atoms with Gasteiger partial charge in [-0.3, -0.25) is 14.5 Å². The number of hydrogen-bond donors (Lipinski definition) is 1. The molecule has 0 aliphatic carbocycles. The third-order valence-electron chi connectivity index (χ3n) is 5.33. The number of furan rings is 1. The van der Waals surface area contributed by atoms with E-state index in [2.05, 4.69) is 0 Å². The van der Waals surface area contributed by atoms with E-state index in [-0.39, 0.29) is 11.3 Å². The number of benzene rings is 2. The Morgan fingerprint density at radius 2 is 1.73 bits per heavy atom. The van der Waals surface area contributed by atoms with Crippen molar-refractivity contribution in [1.29, 1.82) is 0 Å². The first-order valence-electron chi connectivity index (χ1n) is 10.8. The van der Waals surface area contributed by atoms with Crippen molar-refractivity contribution in [3.63, 3.8) is 0 Å². The minimum Gasteiger partial charge on any atom is -0.507 e. The molecule has 1 saturated heterocycles. The lowest BCUT2D eigenvalue weighted by Gasteiger charge is -2.23. The van der Waals surface area contributed by atoms with E-state index in [1.165, 1.54) is 4.90 Å². The molecule has 1 N–H and O–H groups in total. The summed E-state index contributed by atoms with van der Waals surface area (Å²) in [5, 5.41) is 11.4. The normalized spacial score (nSPS) is 17.4. The molecule has 1 aliphatic heterocycles. The van der Waals surface area contributed by atoms with Gasteiger partial charge >= 0.3 is 0 Å². The number of aryl methyl sites for hydroxylation is 1. The fourth-order valence-corrected chi connectivity index (χ4v) is 3.93. The Hall–Kier alpha value is -4.00. The summed E-state index contributed by atoms with van der Waals surface area (Å²) in [7, 11) is 0. The molecule has 2 heterocycles. The van der Waals surface area contributed by atoms with E-state index in [1.807, 2.05) is 19.9 Å². The third-order valence-corrected chi connectivity index (χ3v) is 5.33. The summed E-state index contributed by atoms with van der Waals surface area (Å²) in [5.41, 5.74) is 0.748. The van der Waals surface area contributed by atoms with Gasteiger partial charge < -0.3 is 19.0 Å². The van der Waals surface area contributed by atoms with Crippen molar-refractivity contribution < 1.29 is 28.6 Å². The number of aliphatic hydroxyl groups excluding tert-OH is 1. The highest BCUT2D eigenvalue weighted by molar-refractivity contribution is 6.51. The van der Waals surface area contributed by atoms with Gasteiger partial charge in [-0.15, -0.1) is 0 Å². The number of carbonyl (C=O) groups excluding carboxylic acids is 2. The van der Waals surface area contributed by atoms with Crippen molar-refractivity contribution >= 4 is 23.1 Å². The van der Waals surface area contributed by atoms with Crippen LogP contribution in [0.1, 0.15) is 37.0 Å². The van der Waals surface area contributed by atoms with Crippen LogP contribution in [0, 0.1) is 6.92 Å². The van der Waals surface area contributed by atoms with Gasteiger partial charge in [-0.05, 0) is 57.2 Å². The molecule has 2 aromatic carbocycles. The average Bonchev–Trinajstić information content (AvgIpc) is 3.35. The number of carbonyl (C=O) groups is 2. The predicted octanol–water partition coefficient (Wildman–Crippen LogP) is 5.01. The van der Waals surface area contributed by atoms with Crippen LogP contribution in [-0.4, -0.2) is 30.0 Å². The van der Waals surface area contributed by atoms with E-state index in [0.717, 1.165) is 0 Å². The number of ketones is 1. The quantitative estimate of drug-likeness (QED) is 0.311. The summed E-state index contributed by atoms with van der Waals surface area (Å²) < 4.78 is 17.1. The van der Waals surface area contributed by atoms with E-state index >= 15 is 0 Å². The molecule has 170 valence electrons. The number of para-hydroxylation sites is 1. The number of nitrogens with zero attached hydrogens (tertiary/aromatic N) is 1. The third kappa shape index (κ3) is 4.09. The molecule has 1 unspecified atom stereocenters. The molecule has 1 amide bonds. The first kappa shape index (κ1) is 22.2. The molecule has 7 nitrogen and oxygen atoms in total. The molecule has 33 heavy (non-hydrogen) atoms. The second-order valence-electron chi connectivity index (χ2n) is 7.48. The van der Waals surface area contributed by atoms with Crippen LogP contribution in [0.3, 0.4) is 0 Å². The smallest absolute Gasteiger partial charge is 0.300 e. The van der Waals surface area contributed by atoms with E-state index in [0.29, 0.717) is 47.5 Å². The monoisotopic (exact) mass is 447 g/mol. The van der Waals surface area contributed by atoms with Crippen molar-refractivity contribution in [3.8, 4) is 11.5 Å². The van der Waals surface area contributed by atoms with Gasteiger partial charge in [-0.2, -0.15) is 0 Å². The van der Waals surface area contributed by atoms with Gasteiger partial charge in [-0.25, -0.2) is 0 Å². The maximum absolute atomic E-state index is 13.2. The lowest BCUT2D eigenvalue weighted by molar-refractivity contribution is -0.132. The van der Waals surface area contributed by atoms with Crippen molar-refractivity contribution in [3.05, 3.63) is 83.3 Å². The Balaban J connectivity index is 1.92. The SMILES string of the molecule is CCOc1ccc(/C(O)=C2/C(=O)C(=O)N(c3ccccc3)C2c2ccc(C)o2)c(OCC)c1. The zero-order chi connectivity index (χ0) is 23.5. The van der Waals surface area contributed by atoms with E-state index < -0.39 is 17.7 Å². The van der Waals surface area contributed by atoms with Gasteiger partial charge in [0, 0.05) is 11.8 Å². The standard InChI is InChI=1S/C26H25NO6/c1-4-31-18-12-13-19(21(15-18)32-5-2)24(28)22-23(20-14-11-16(3)33-20)27(26(30)25(22)29)17-9-7-6-8-10-17/h6-15,23,28H,4-5H2,1-3H3/b24-22-. The van der Waals surface area contributed by atoms with Crippen molar-refractivity contribution in [2.75, 3.05) is 18.1 Å². The fraction of sp³-hybridized carbons (Fsp3) is 0.231. The largest absolute Gasteiger partial charge is 0.507 e. The summed E-state index contributed by atoms with van der Waals surface area (Å²) in [6.07, 6.45) is 0. The van der Waals surface area contributed by atoms with Crippen molar-refractivity contribution in [1.82, 2.24) is 0 Å². The maximum atomic E-state index is 13.2. The van der Waals surface area contributed by atoms with Crippen molar-refractivity contribution in [2.45, 2.75) is 26.8 Å². The Bertz CT molecular complexity index is 1210. The van der Waals surface area contributed by atoms with Gasteiger partial charge in [0.2, 0.25) is 0 Å². The molecule has 0 bridgehead atoms. The lowest BCUT2D eigenvalue weighted by atomic mass is 9.98. The van der Waals surface area contributed by atoms with Crippen LogP contribution in [0.15, 0.2) is 70.7 Å². The molecule has 4 rings (SSSR count). The zero-order valence-corrected chi connectivity index (χ0v) is 18.7. The van der Waals surface area contributed by atoms with Crippen LogP contribution in [-0.2, 0) is 9.59 Å². The van der Waals surface area contributed by atoms with E-state index in [1.54, 1.807) is 61.5 Å². The van der Waals surface area contributed by atoms with Crippen LogP contribution in [0.2, 0.25) is 0 Å². The topological polar surface area (TPSA) is 89.2 Å². The highest BCUT2D eigenvalue weighted by Gasteiger charge is 2.48. The second kappa shape index (κ2) is 9.24. The van der Waals surface area contributed by atoms with Crippen molar-refractivity contribution in [2.24, 2.45) is 0 Å². The molecule has 1 aromatic heterocycles. The van der Waals surface area contributed by atoms with Gasteiger partial charge in [0.05, 0.1) is 24.4 Å². The molecular weight excluding hydrogens is 422 g/mol. The van der Waals surface area contributed by atoms with Crippen LogP contribution < -0.4 is 14.4 Å². The number of rotatable bonds is 7. The van der Waals surface area contributed by atoms with Gasteiger partial charge in [-0.1, -0.05) is 18.2 Å².